The van der Waals surface area contributed by atoms with Crippen LogP contribution in [-0.4, -0.2) is 9.55 Å². The van der Waals surface area contributed by atoms with Gasteiger partial charge >= 0.3 is 0 Å². The molecule has 0 atom stereocenters. The van der Waals surface area contributed by atoms with Crippen molar-refractivity contribution in [3.8, 4) is 0 Å². The summed E-state index contributed by atoms with van der Waals surface area (Å²) in [4.78, 5) is 4.40. The van der Waals surface area contributed by atoms with Crippen molar-refractivity contribution in [2.75, 3.05) is 5.32 Å². The van der Waals surface area contributed by atoms with Gasteiger partial charge in [-0.25, -0.2) is 4.98 Å². The summed E-state index contributed by atoms with van der Waals surface area (Å²) in [5.74, 6) is 0.942. The molecule has 2 aromatic carbocycles. The SMILES string of the molecule is c1ccc2cc(Nc3nccn3C3CC3)ccc2c1. The lowest BCUT2D eigenvalue weighted by molar-refractivity contribution is 0.751. The summed E-state index contributed by atoms with van der Waals surface area (Å²) in [6.45, 7) is 0. The Balaban J connectivity index is 1.68. The number of nitrogens with zero attached hydrogens (tertiary/aromatic N) is 2. The van der Waals surface area contributed by atoms with Crippen molar-refractivity contribution < 1.29 is 0 Å². The molecule has 0 amide bonds. The minimum Gasteiger partial charge on any atom is -0.326 e. The maximum Gasteiger partial charge on any atom is 0.207 e. The smallest absolute Gasteiger partial charge is 0.207 e. The van der Waals surface area contributed by atoms with E-state index >= 15 is 0 Å². The van der Waals surface area contributed by atoms with Crippen LogP contribution < -0.4 is 5.32 Å². The Kier molecular flexibility index (Phi) is 2.30. The molecule has 0 saturated heterocycles. The van der Waals surface area contributed by atoms with Crippen LogP contribution in [0.15, 0.2) is 54.9 Å². The molecule has 1 N–H and O–H groups in total. The van der Waals surface area contributed by atoms with Crippen LogP contribution in [0.5, 0.6) is 0 Å². The highest BCUT2D eigenvalue weighted by Gasteiger charge is 2.25. The molecule has 3 heteroatoms. The molecular weight excluding hydrogens is 234 g/mol. The van der Waals surface area contributed by atoms with E-state index in [9.17, 15) is 0 Å². The summed E-state index contributed by atoms with van der Waals surface area (Å²) in [5, 5.41) is 5.93. The lowest BCUT2D eigenvalue weighted by Gasteiger charge is -2.09. The van der Waals surface area contributed by atoms with E-state index in [2.05, 4.69) is 63.5 Å². The van der Waals surface area contributed by atoms with E-state index in [0.717, 1.165) is 11.6 Å². The van der Waals surface area contributed by atoms with E-state index in [0.29, 0.717) is 6.04 Å². The minimum absolute atomic E-state index is 0.644. The topological polar surface area (TPSA) is 29.9 Å². The van der Waals surface area contributed by atoms with Crippen molar-refractivity contribution in [2.45, 2.75) is 18.9 Å². The first-order valence-corrected chi connectivity index (χ1v) is 6.69. The Morgan fingerprint density at radius 2 is 1.89 bits per heavy atom. The normalized spacial score (nSPS) is 14.7. The number of aromatic nitrogens is 2. The molecule has 1 aliphatic rings. The molecule has 0 bridgehead atoms. The van der Waals surface area contributed by atoms with Gasteiger partial charge in [-0.15, -0.1) is 0 Å². The second kappa shape index (κ2) is 4.12. The van der Waals surface area contributed by atoms with Gasteiger partial charge in [0, 0.05) is 24.1 Å². The Morgan fingerprint density at radius 1 is 1.05 bits per heavy atom. The van der Waals surface area contributed by atoms with Gasteiger partial charge in [-0.3, -0.25) is 0 Å². The quantitative estimate of drug-likeness (QED) is 0.756. The standard InChI is InChI=1S/C16H15N3/c1-2-4-13-11-14(6-5-12(13)3-1)18-16-17-9-10-19(16)15-7-8-15/h1-6,9-11,15H,7-8H2,(H,17,18). The lowest BCUT2D eigenvalue weighted by atomic mass is 10.1. The summed E-state index contributed by atoms with van der Waals surface area (Å²) < 4.78 is 2.23. The van der Waals surface area contributed by atoms with Crippen molar-refractivity contribution >= 4 is 22.4 Å². The Bertz CT molecular complexity index is 725. The molecule has 4 rings (SSSR count). The predicted molar refractivity (Wildman–Crippen MR) is 77.7 cm³/mol. The van der Waals surface area contributed by atoms with Gasteiger partial charge in [-0.2, -0.15) is 0 Å². The van der Waals surface area contributed by atoms with E-state index in [1.807, 2.05) is 6.20 Å². The third kappa shape index (κ3) is 1.97. The molecule has 1 fully saturated rings. The number of anilines is 2. The van der Waals surface area contributed by atoms with Crippen molar-refractivity contribution in [1.82, 2.24) is 9.55 Å². The zero-order valence-corrected chi connectivity index (χ0v) is 10.6. The van der Waals surface area contributed by atoms with E-state index in [1.54, 1.807) is 0 Å². The number of fused-ring (bicyclic) bond motifs is 1. The average molecular weight is 249 g/mol. The van der Waals surface area contributed by atoms with Crippen molar-refractivity contribution in [1.29, 1.82) is 0 Å². The zero-order chi connectivity index (χ0) is 12.7. The summed E-state index contributed by atoms with van der Waals surface area (Å²) in [5.41, 5.74) is 1.09. The van der Waals surface area contributed by atoms with Crippen LogP contribution in [0.2, 0.25) is 0 Å². The summed E-state index contributed by atoms with van der Waals surface area (Å²) in [6.07, 6.45) is 6.45. The molecule has 3 aromatic rings. The number of nitrogens with one attached hydrogen (secondary N) is 1. The van der Waals surface area contributed by atoms with Gasteiger partial charge < -0.3 is 9.88 Å². The summed E-state index contributed by atoms with van der Waals surface area (Å²) in [7, 11) is 0. The van der Waals surface area contributed by atoms with Gasteiger partial charge in [0.15, 0.2) is 0 Å². The van der Waals surface area contributed by atoms with Crippen LogP contribution in [-0.2, 0) is 0 Å². The van der Waals surface area contributed by atoms with Gasteiger partial charge in [0.1, 0.15) is 0 Å². The predicted octanol–water partition coefficient (Wildman–Crippen LogP) is 4.11. The molecule has 1 aliphatic carbocycles. The third-order valence-electron chi connectivity index (χ3n) is 3.61. The molecule has 0 aliphatic heterocycles. The highest BCUT2D eigenvalue weighted by Crippen LogP contribution is 2.37. The molecule has 0 unspecified atom stereocenters. The average Bonchev–Trinajstić information content (AvgIpc) is 3.19. The first kappa shape index (κ1) is 10.6. The van der Waals surface area contributed by atoms with Crippen molar-refractivity contribution in [3.05, 3.63) is 54.9 Å². The van der Waals surface area contributed by atoms with Gasteiger partial charge in [0.25, 0.3) is 0 Å². The second-order valence-corrected chi connectivity index (χ2v) is 5.08. The number of imidazole rings is 1. The largest absolute Gasteiger partial charge is 0.326 e. The first-order chi connectivity index (χ1) is 9.40. The number of hydrogen-bond donors (Lipinski definition) is 1. The van der Waals surface area contributed by atoms with E-state index in [-0.39, 0.29) is 0 Å². The van der Waals surface area contributed by atoms with Gasteiger partial charge in [-0.05, 0) is 35.7 Å². The van der Waals surface area contributed by atoms with E-state index < -0.39 is 0 Å². The molecule has 19 heavy (non-hydrogen) atoms. The highest BCUT2D eigenvalue weighted by molar-refractivity contribution is 5.86. The molecule has 0 spiro atoms. The van der Waals surface area contributed by atoms with Crippen LogP contribution in [0.4, 0.5) is 11.6 Å². The Hall–Kier alpha value is -2.29. The van der Waals surface area contributed by atoms with Crippen LogP contribution in [0.3, 0.4) is 0 Å². The summed E-state index contributed by atoms with van der Waals surface area (Å²) >= 11 is 0. The van der Waals surface area contributed by atoms with Crippen LogP contribution >= 0.6 is 0 Å². The molecule has 0 radical (unpaired) electrons. The van der Waals surface area contributed by atoms with Crippen molar-refractivity contribution in [3.63, 3.8) is 0 Å². The first-order valence-electron chi connectivity index (χ1n) is 6.69. The maximum atomic E-state index is 4.40. The maximum absolute atomic E-state index is 4.40. The van der Waals surface area contributed by atoms with Crippen LogP contribution in [0, 0.1) is 0 Å². The molecule has 1 saturated carbocycles. The fourth-order valence-electron chi connectivity index (χ4n) is 2.45. The lowest BCUT2D eigenvalue weighted by Crippen LogP contribution is -2.01. The molecule has 3 nitrogen and oxygen atoms in total. The van der Waals surface area contributed by atoms with E-state index in [1.165, 1.54) is 23.6 Å². The zero-order valence-electron chi connectivity index (χ0n) is 10.6. The molecule has 1 heterocycles. The minimum atomic E-state index is 0.644. The Morgan fingerprint density at radius 3 is 2.74 bits per heavy atom. The Labute approximate surface area is 111 Å². The number of benzene rings is 2. The highest BCUT2D eigenvalue weighted by atomic mass is 15.2. The molecule has 1 aromatic heterocycles. The van der Waals surface area contributed by atoms with Gasteiger partial charge in [0.2, 0.25) is 5.95 Å². The molecule has 94 valence electrons. The van der Waals surface area contributed by atoms with Crippen molar-refractivity contribution in [2.24, 2.45) is 0 Å². The van der Waals surface area contributed by atoms with Crippen LogP contribution in [0.25, 0.3) is 10.8 Å². The number of rotatable bonds is 3. The fourth-order valence-corrected chi connectivity index (χ4v) is 2.45. The summed E-state index contributed by atoms with van der Waals surface area (Å²) in [6, 6.07) is 15.5. The monoisotopic (exact) mass is 249 g/mol. The van der Waals surface area contributed by atoms with E-state index in [4.69, 9.17) is 0 Å². The number of hydrogen-bond acceptors (Lipinski definition) is 2. The second-order valence-electron chi connectivity index (χ2n) is 5.08. The van der Waals surface area contributed by atoms with Crippen LogP contribution in [0.1, 0.15) is 18.9 Å². The van der Waals surface area contributed by atoms with Gasteiger partial charge in [-0.1, -0.05) is 30.3 Å². The third-order valence-corrected chi connectivity index (χ3v) is 3.61. The molecular formula is C16H15N3. The fraction of sp³-hybridized carbons (Fsp3) is 0.188. The van der Waals surface area contributed by atoms with Gasteiger partial charge in [0.05, 0.1) is 0 Å².